The molecule has 1 aromatic heterocycles. The van der Waals surface area contributed by atoms with Gasteiger partial charge in [-0.15, -0.1) is 0 Å². The number of hydrogen-bond donors (Lipinski definition) is 2. The number of benzene rings is 1. The highest BCUT2D eigenvalue weighted by Gasteiger charge is 2.32. The monoisotopic (exact) mass is 549 g/mol. The van der Waals surface area contributed by atoms with Crippen LogP contribution in [-0.4, -0.2) is 60.0 Å². The number of ether oxygens (including phenoxy) is 1. The summed E-state index contributed by atoms with van der Waals surface area (Å²) in [6.07, 6.45) is 1.61. The van der Waals surface area contributed by atoms with Crippen LogP contribution in [0.5, 0.6) is 0 Å². The van der Waals surface area contributed by atoms with Crippen LogP contribution in [0, 0.1) is 5.92 Å². The molecule has 3 rings (SSSR count). The van der Waals surface area contributed by atoms with Crippen molar-refractivity contribution in [3.63, 3.8) is 0 Å². The number of nitrogens with zero attached hydrogens (tertiary/aromatic N) is 3. The molecular weight excluding hydrogens is 510 g/mol. The van der Waals surface area contributed by atoms with E-state index >= 15 is 0 Å². The number of anilines is 2. The molecule has 2 heterocycles. The van der Waals surface area contributed by atoms with Crippen molar-refractivity contribution in [2.75, 3.05) is 30.3 Å². The first-order chi connectivity index (χ1) is 17.9. The molecule has 0 saturated carbocycles. The van der Waals surface area contributed by atoms with Gasteiger partial charge in [-0.25, -0.2) is 13.2 Å². The molecule has 2 unspecified atom stereocenters. The van der Waals surface area contributed by atoms with Crippen molar-refractivity contribution >= 4 is 27.4 Å². The van der Waals surface area contributed by atoms with Crippen molar-refractivity contribution in [3.8, 4) is 0 Å². The summed E-state index contributed by atoms with van der Waals surface area (Å²) in [7, 11) is -3.78. The van der Waals surface area contributed by atoms with E-state index in [2.05, 4.69) is 4.98 Å². The first-order valence-corrected chi connectivity index (χ1v) is 14.5. The van der Waals surface area contributed by atoms with Crippen LogP contribution < -0.4 is 21.9 Å². The van der Waals surface area contributed by atoms with Crippen molar-refractivity contribution < 1.29 is 17.9 Å². The molecule has 1 saturated heterocycles. The van der Waals surface area contributed by atoms with E-state index in [9.17, 15) is 22.8 Å². The Balaban J connectivity index is 1.98. The molecule has 1 amide bonds. The summed E-state index contributed by atoms with van der Waals surface area (Å²) in [5, 5.41) is 0. The molecule has 11 nitrogen and oxygen atoms in total. The predicted molar refractivity (Wildman–Crippen MR) is 147 cm³/mol. The van der Waals surface area contributed by atoms with Gasteiger partial charge < -0.3 is 15.4 Å². The van der Waals surface area contributed by atoms with E-state index in [0.717, 1.165) is 6.42 Å². The second kappa shape index (κ2) is 12.3. The fourth-order valence-electron chi connectivity index (χ4n) is 4.48. The minimum Gasteiger partial charge on any atom is -0.383 e. The standard InChI is InChI=1S/C26H39N5O6S/c1-6-7-13-31-23(27)22(24(32)28-26(31)34)30(14-12-17(2)3)25(33)20-8-10-21(11-9-20)38(35,36)29-15-18(4)37-19(5)16-29/h8-11,17-19H,6-7,12-16,27H2,1-5H3,(H,28,32,34). The molecule has 12 heteroatoms. The van der Waals surface area contributed by atoms with Crippen molar-refractivity contribution in [2.24, 2.45) is 5.92 Å². The first-order valence-electron chi connectivity index (χ1n) is 13.1. The second-order valence-electron chi connectivity index (χ2n) is 10.2. The molecule has 1 aromatic carbocycles. The fraction of sp³-hybridized carbons (Fsp3) is 0.577. The number of rotatable bonds is 10. The highest BCUT2D eigenvalue weighted by molar-refractivity contribution is 7.89. The van der Waals surface area contributed by atoms with Gasteiger partial charge in [0.1, 0.15) is 5.82 Å². The number of nitrogens with two attached hydrogens (primary N) is 1. The van der Waals surface area contributed by atoms with Gasteiger partial charge in [0.25, 0.3) is 11.5 Å². The van der Waals surface area contributed by atoms with E-state index in [0.29, 0.717) is 19.4 Å². The minimum absolute atomic E-state index is 0.0644. The summed E-state index contributed by atoms with van der Waals surface area (Å²) in [6, 6.07) is 5.65. The van der Waals surface area contributed by atoms with E-state index in [4.69, 9.17) is 10.5 Å². The molecule has 38 heavy (non-hydrogen) atoms. The van der Waals surface area contributed by atoms with Crippen molar-refractivity contribution in [2.45, 2.75) is 77.5 Å². The summed E-state index contributed by atoms with van der Waals surface area (Å²) in [5.41, 5.74) is 5.03. The van der Waals surface area contributed by atoms with E-state index < -0.39 is 27.2 Å². The molecule has 2 atom stereocenters. The maximum atomic E-state index is 13.7. The lowest BCUT2D eigenvalue weighted by Gasteiger charge is -2.34. The third-order valence-corrected chi connectivity index (χ3v) is 8.37. The van der Waals surface area contributed by atoms with Crippen LogP contribution in [0.2, 0.25) is 0 Å². The Labute approximate surface area is 223 Å². The molecular formula is C26H39N5O6S. The normalized spacial score (nSPS) is 18.6. The molecule has 0 aliphatic carbocycles. The number of carbonyl (C=O) groups is 1. The predicted octanol–water partition coefficient (Wildman–Crippen LogP) is 2.41. The number of aromatic nitrogens is 2. The molecule has 2 aromatic rings. The highest BCUT2D eigenvalue weighted by atomic mass is 32.2. The summed E-state index contributed by atoms with van der Waals surface area (Å²) >= 11 is 0. The van der Waals surface area contributed by atoms with Crippen LogP contribution in [0.25, 0.3) is 0 Å². The Kier molecular flexibility index (Phi) is 9.55. The smallest absolute Gasteiger partial charge is 0.330 e. The average Bonchev–Trinajstić information content (AvgIpc) is 2.84. The van der Waals surface area contributed by atoms with Gasteiger partial charge in [0.2, 0.25) is 10.0 Å². The average molecular weight is 550 g/mol. The number of H-pyrrole nitrogens is 1. The Bertz CT molecular complexity index is 1340. The third kappa shape index (κ3) is 6.54. The van der Waals surface area contributed by atoms with E-state index in [-0.39, 0.29) is 59.7 Å². The number of carbonyl (C=O) groups excluding carboxylic acids is 1. The van der Waals surface area contributed by atoms with Gasteiger partial charge in [0.05, 0.1) is 17.1 Å². The van der Waals surface area contributed by atoms with Crippen LogP contribution in [0.1, 0.15) is 64.2 Å². The van der Waals surface area contributed by atoms with Crippen LogP contribution in [0.3, 0.4) is 0 Å². The maximum absolute atomic E-state index is 13.7. The molecule has 0 radical (unpaired) electrons. The lowest BCUT2D eigenvalue weighted by molar-refractivity contribution is -0.0440. The Morgan fingerprint density at radius 2 is 1.76 bits per heavy atom. The van der Waals surface area contributed by atoms with E-state index in [1.807, 2.05) is 34.6 Å². The zero-order valence-corrected chi connectivity index (χ0v) is 23.6. The lowest BCUT2D eigenvalue weighted by atomic mass is 10.1. The van der Waals surface area contributed by atoms with Crippen molar-refractivity contribution in [3.05, 3.63) is 50.7 Å². The molecule has 210 valence electrons. The summed E-state index contributed by atoms with van der Waals surface area (Å²) in [5.74, 6) is -0.359. The second-order valence-corrected chi connectivity index (χ2v) is 12.2. The van der Waals surface area contributed by atoms with Crippen LogP contribution in [0.15, 0.2) is 38.8 Å². The Hall–Kier alpha value is -2.96. The molecule has 0 bridgehead atoms. The number of nitrogens with one attached hydrogen (secondary N) is 1. The molecule has 1 aliphatic rings. The topological polar surface area (TPSA) is 148 Å². The van der Waals surface area contributed by atoms with Crippen molar-refractivity contribution in [1.29, 1.82) is 0 Å². The van der Waals surface area contributed by atoms with Gasteiger partial charge >= 0.3 is 5.69 Å². The highest BCUT2D eigenvalue weighted by Crippen LogP contribution is 2.24. The number of morpholine rings is 1. The van der Waals surface area contributed by atoms with Gasteiger partial charge in [-0.05, 0) is 56.9 Å². The molecule has 1 fully saturated rings. The number of hydrogen-bond acceptors (Lipinski definition) is 7. The Morgan fingerprint density at radius 1 is 1.16 bits per heavy atom. The largest absolute Gasteiger partial charge is 0.383 e. The van der Waals surface area contributed by atoms with Crippen molar-refractivity contribution in [1.82, 2.24) is 13.9 Å². The summed E-state index contributed by atoms with van der Waals surface area (Å²) < 4.78 is 34.7. The molecule has 3 N–H and O–H groups in total. The summed E-state index contributed by atoms with van der Waals surface area (Å²) in [6.45, 7) is 10.6. The third-order valence-electron chi connectivity index (χ3n) is 6.52. The van der Waals surface area contributed by atoms with Gasteiger partial charge in [0.15, 0.2) is 5.69 Å². The molecule has 1 aliphatic heterocycles. The van der Waals surface area contributed by atoms with Crippen LogP contribution in [0.4, 0.5) is 11.5 Å². The van der Waals surface area contributed by atoms with Gasteiger partial charge in [-0.1, -0.05) is 27.2 Å². The number of unbranched alkanes of at least 4 members (excludes halogenated alkanes) is 1. The van der Waals surface area contributed by atoms with E-state index in [1.54, 1.807) is 0 Å². The number of aromatic amines is 1. The minimum atomic E-state index is -3.78. The quantitative estimate of drug-likeness (QED) is 0.462. The SMILES string of the molecule is CCCCn1c(N)c(N(CCC(C)C)C(=O)c2ccc(S(=O)(=O)N3CC(C)OC(C)C3)cc2)c(=O)[nH]c1=O. The zero-order chi connectivity index (χ0) is 28.2. The lowest BCUT2D eigenvalue weighted by Crippen LogP contribution is -2.48. The number of amides is 1. The van der Waals surface area contributed by atoms with E-state index in [1.165, 1.54) is 38.0 Å². The zero-order valence-electron chi connectivity index (χ0n) is 22.8. The van der Waals surface area contributed by atoms with Crippen LogP contribution in [-0.2, 0) is 21.3 Å². The number of sulfonamides is 1. The van der Waals surface area contributed by atoms with Gasteiger partial charge in [-0.2, -0.15) is 4.31 Å². The fourth-order valence-corrected chi connectivity index (χ4v) is 6.07. The first kappa shape index (κ1) is 29.6. The van der Waals surface area contributed by atoms with Gasteiger partial charge in [-0.3, -0.25) is 19.1 Å². The Morgan fingerprint density at radius 3 is 2.32 bits per heavy atom. The van der Waals surface area contributed by atoms with Crippen LogP contribution >= 0.6 is 0 Å². The maximum Gasteiger partial charge on any atom is 0.330 e. The summed E-state index contributed by atoms with van der Waals surface area (Å²) in [4.78, 5) is 42.6. The number of nitrogen functional groups attached to an aromatic ring is 1. The van der Waals surface area contributed by atoms with Gasteiger partial charge in [0, 0.05) is 31.7 Å². The molecule has 0 spiro atoms.